The van der Waals surface area contributed by atoms with Crippen LogP contribution in [0.25, 0.3) is 76.8 Å². The van der Waals surface area contributed by atoms with Crippen LogP contribution in [-0.2, 0) is 10.8 Å². The van der Waals surface area contributed by atoms with Crippen LogP contribution in [0.3, 0.4) is 0 Å². The molecule has 8 aromatic rings. The highest BCUT2D eigenvalue weighted by atomic mass is 14.4. The van der Waals surface area contributed by atoms with Gasteiger partial charge in [-0.1, -0.05) is 162 Å². The van der Waals surface area contributed by atoms with Crippen molar-refractivity contribution >= 4 is 32.3 Å². The highest BCUT2D eigenvalue weighted by Gasteiger charge is 2.35. The van der Waals surface area contributed by atoms with Gasteiger partial charge in [0.05, 0.1) is 0 Å². The number of hydrogen-bond acceptors (Lipinski definition) is 0. The van der Waals surface area contributed by atoms with Gasteiger partial charge in [0.15, 0.2) is 0 Å². The van der Waals surface area contributed by atoms with E-state index in [2.05, 4.69) is 175 Å². The first kappa shape index (κ1) is 29.0. The van der Waals surface area contributed by atoms with E-state index in [9.17, 15) is 0 Å². The molecule has 0 atom stereocenters. The van der Waals surface area contributed by atoms with E-state index in [1.807, 2.05) is 0 Å². The van der Waals surface area contributed by atoms with Crippen LogP contribution in [0, 0.1) is 6.92 Å². The maximum Gasteiger partial charge on any atom is 0.0159 e. The van der Waals surface area contributed by atoms with Crippen LogP contribution in [0.1, 0.15) is 56.9 Å². The van der Waals surface area contributed by atoms with Crippen molar-refractivity contribution in [1.82, 2.24) is 0 Å². The van der Waals surface area contributed by atoms with Gasteiger partial charge in [0, 0.05) is 5.41 Å². The Morgan fingerprint density at radius 3 is 1.67 bits per heavy atom. The molecule has 0 bridgehead atoms. The fourth-order valence-corrected chi connectivity index (χ4v) is 8.37. The second-order valence-corrected chi connectivity index (χ2v) is 15.5. The van der Waals surface area contributed by atoms with Gasteiger partial charge in [0.2, 0.25) is 0 Å². The van der Waals surface area contributed by atoms with Gasteiger partial charge >= 0.3 is 0 Å². The number of fused-ring (bicyclic) bond motifs is 3. The van der Waals surface area contributed by atoms with Crippen molar-refractivity contribution in [3.63, 3.8) is 0 Å². The minimum atomic E-state index is 0.00560. The molecule has 0 heteroatoms. The van der Waals surface area contributed by atoms with Gasteiger partial charge in [-0.25, -0.2) is 0 Å². The molecule has 0 unspecified atom stereocenters. The van der Waals surface area contributed by atoms with E-state index in [1.54, 1.807) is 0 Å². The van der Waals surface area contributed by atoms with Crippen LogP contribution in [0.2, 0.25) is 0 Å². The first-order valence-electron chi connectivity index (χ1n) is 17.3. The summed E-state index contributed by atoms with van der Waals surface area (Å²) in [5.74, 6) is 0. The molecule has 0 aromatic heterocycles. The Balaban J connectivity index is 1.06. The molecule has 0 spiro atoms. The molecule has 1 aliphatic carbocycles. The predicted molar refractivity (Wildman–Crippen MR) is 207 cm³/mol. The first-order chi connectivity index (χ1) is 23.1. The minimum Gasteiger partial charge on any atom is -0.0619 e. The quantitative estimate of drug-likeness (QED) is 0.173. The lowest BCUT2D eigenvalue weighted by Crippen LogP contribution is -2.14. The molecule has 0 N–H and O–H groups in total. The lowest BCUT2D eigenvalue weighted by molar-refractivity contribution is 0.591. The molecule has 0 radical (unpaired) electrons. The van der Waals surface area contributed by atoms with Crippen LogP contribution in [0.5, 0.6) is 0 Å². The highest BCUT2D eigenvalue weighted by molar-refractivity contribution is 6.25. The van der Waals surface area contributed by atoms with Gasteiger partial charge < -0.3 is 0 Å². The fraction of sp³-hybridized carbons (Fsp3) is 0.167. The summed E-state index contributed by atoms with van der Waals surface area (Å²) in [5.41, 5.74) is 16.0. The van der Waals surface area contributed by atoms with Crippen molar-refractivity contribution in [2.45, 2.75) is 52.4 Å². The Labute approximate surface area is 284 Å². The molecule has 0 heterocycles. The van der Waals surface area contributed by atoms with Crippen LogP contribution >= 0.6 is 0 Å². The fourth-order valence-electron chi connectivity index (χ4n) is 8.37. The van der Waals surface area contributed by atoms with Crippen LogP contribution < -0.4 is 0 Å². The molecule has 232 valence electrons. The molecule has 8 aromatic carbocycles. The summed E-state index contributed by atoms with van der Waals surface area (Å²) in [6.45, 7) is 13.8. The third kappa shape index (κ3) is 4.29. The molecular weight excluding hydrogens is 577 g/mol. The number of aryl methyl sites for hydroxylation is 1. The molecule has 1 aliphatic rings. The summed E-state index contributed by atoms with van der Waals surface area (Å²) in [7, 11) is 0. The monoisotopic (exact) mass is 616 g/mol. The van der Waals surface area contributed by atoms with Crippen molar-refractivity contribution in [3.05, 3.63) is 156 Å². The maximum absolute atomic E-state index is 2.41. The molecule has 0 aliphatic heterocycles. The van der Waals surface area contributed by atoms with E-state index in [0.29, 0.717) is 0 Å². The van der Waals surface area contributed by atoms with Gasteiger partial charge in [-0.2, -0.15) is 0 Å². The third-order valence-electron chi connectivity index (χ3n) is 11.1. The number of rotatable bonds is 3. The highest BCUT2D eigenvalue weighted by Crippen LogP contribution is 2.49. The zero-order chi connectivity index (χ0) is 32.9. The van der Waals surface area contributed by atoms with E-state index in [4.69, 9.17) is 0 Å². The molecule has 0 fully saturated rings. The summed E-state index contributed by atoms with van der Waals surface area (Å²) < 4.78 is 0. The minimum absolute atomic E-state index is 0.00560. The first-order valence-corrected chi connectivity index (χ1v) is 17.3. The third-order valence-corrected chi connectivity index (χ3v) is 11.1. The van der Waals surface area contributed by atoms with E-state index in [-0.39, 0.29) is 10.8 Å². The predicted octanol–water partition coefficient (Wildman–Crippen LogP) is 13.5. The van der Waals surface area contributed by atoms with Gasteiger partial charge in [0.1, 0.15) is 0 Å². The lowest BCUT2D eigenvalue weighted by Gasteiger charge is -2.22. The zero-order valence-electron chi connectivity index (χ0n) is 28.7. The maximum atomic E-state index is 2.41. The molecule has 9 rings (SSSR count). The molecule has 0 saturated carbocycles. The summed E-state index contributed by atoms with van der Waals surface area (Å²) >= 11 is 0. The van der Waals surface area contributed by atoms with E-state index in [1.165, 1.54) is 99.1 Å². The Morgan fingerprint density at radius 2 is 0.979 bits per heavy atom. The van der Waals surface area contributed by atoms with Crippen LogP contribution in [-0.4, -0.2) is 0 Å². The largest absolute Gasteiger partial charge is 0.0619 e. The SMILES string of the molecule is Cc1cc(-c2ccc(-c3ccc4c(c3)C(C)(C)c3ccccc3-4)cc2)ccc1-c1ccc2ccc3cc(C(C)(C)C)cc4ccc1c2c34. The average Bonchev–Trinajstić information content (AvgIpc) is 3.32. The Hall–Kier alpha value is -5.20. The molecule has 0 saturated heterocycles. The normalized spacial score (nSPS) is 13.8. The van der Waals surface area contributed by atoms with Crippen molar-refractivity contribution in [3.8, 4) is 44.5 Å². The summed E-state index contributed by atoms with van der Waals surface area (Å²) in [6, 6.07) is 50.6. The Kier molecular flexibility index (Phi) is 6.13. The molecule has 0 amide bonds. The van der Waals surface area contributed by atoms with Crippen LogP contribution in [0.15, 0.2) is 133 Å². The molecular formula is C48H40. The van der Waals surface area contributed by atoms with Gasteiger partial charge in [-0.15, -0.1) is 0 Å². The molecule has 48 heavy (non-hydrogen) atoms. The Morgan fingerprint density at radius 1 is 0.438 bits per heavy atom. The average molecular weight is 617 g/mol. The van der Waals surface area contributed by atoms with Gasteiger partial charge in [0.25, 0.3) is 0 Å². The van der Waals surface area contributed by atoms with Crippen molar-refractivity contribution in [1.29, 1.82) is 0 Å². The summed E-state index contributed by atoms with van der Waals surface area (Å²) in [4.78, 5) is 0. The van der Waals surface area contributed by atoms with Gasteiger partial charge in [-0.3, -0.25) is 0 Å². The standard InChI is InChI=1S/C48H40/c1-29-25-33(30-11-13-31(14-12-30)34-19-23-41-40-9-7-8-10-43(40)48(5,6)44(41)28-34)18-21-38(29)39-22-17-32-15-16-35-26-37(47(2,3)4)27-36-20-24-42(39)46(32)45(35)36/h7-28H,1-6H3. The Bertz CT molecular complexity index is 2530. The second-order valence-electron chi connectivity index (χ2n) is 15.5. The van der Waals surface area contributed by atoms with E-state index < -0.39 is 0 Å². The topological polar surface area (TPSA) is 0 Å². The molecule has 0 nitrogen and oxygen atoms in total. The zero-order valence-corrected chi connectivity index (χ0v) is 28.7. The van der Waals surface area contributed by atoms with Crippen molar-refractivity contribution < 1.29 is 0 Å². The van der Waals surface area contributed by atoms with Crippen molar-refractivity contribution in [2.75, 3.05) is 0 Å². The lowest BCUT2D eigenvalue weighted by atomic mass is 9.81. The van der Waals surface area contributed by atoms with E-state index >= 15 is 0 Å². The summed E-state index contributed by atoms with van der Waals surface area (Å²) in [6.07, 6.45) is 0. The van der Waals surface area contributed by atoms with Crippen molar-refractivity contribution in [2.24, 2.45) is 0 Å². The number of benzene rings is 8. The summed E-state index contributed by atoms with van der Waals surface area (Å²) in [5, 5.41) is 8.05. The smallest absolute Gasteiger partial charge is 0.0159 e. The van der Waals surface area contributed by atoms with Crippen LogP contribution in [0.4, 0.5) is 0 Å². The van der Waals surface area contributed by atoms with E-state index in [0.717, 1.165) is 0 Å². The second kappa shape index (κ2) is 10.1. The van der Waals surface area contributed by atoms with Gasteiger partial charge in [-0.05, 0) is 117 Å². The number of hydrogen-bond donors (Lipinski definition) is 0.